The first-order valence-corrected chi connectivity index (χ1v) is 17.7. The zero-order chi connectivity index (χ0) is 17.7. The average molecular weight is 428 g/mol. The van der Waals surface area contributed by atoms with Crippen LogP contribution in [0.5, 0.6) is 0 Å². The summed E-state index contributed by atoms with van der Waals surface area (Å²) in [6, 6.07) is 3.76. The minimum atomic E-state index is -2.13. The summed E-state index contributed by atoms with van der Waals surface area (Å²) in [7, 11) is 0. The second-order valence-electron chi connectivity index (χ2n) is 7.37. The molecule has 1 aromatic rings. The molecule has 2 amide bonds. The third-order valence-corrected chi connectivity index (χ3v) is 8.73. The number of pyridine rings is 1. The van der Waals surface area contributed by atoms with Gasteiger partial charge in [-0.1, -0.05) is 0 Å². The quantitative estimate of drug-likeness (QED) is 0.555. The number of ether oxygens (including phenoxy) is 1. The van der Waals surface area contributed by atoms with Gasteiger partial charge in [-0.05, 0) is 20.8 Å². The molecule has 0 saturated heterocycles. The molecule has 1 heterocycles. The van der Waals surface area contributed by atoms with E-state index in [-0.39, 0.29) is 5.91 Å². The average Bonchev–Trinajstić information content (AvgIpc) is 2.40. The number of amides is 2. The number of alkyl carbamates (subject to hydrolysis) is 1. The fraction of sp³-hybridized carbons (Fsp3) is 0.562. The van der Waals surface area contributed by atoms with Crippen molar-refractivity contribution in [3.05, 3.63) is 24.0 Å². The molecule has 1 aromatic heterocycles. The summed E-state index contributed by atoms with van der Waals surface area (Å²) >= 11 is -2.13. The van der Waals surface area contributed by atoms with Gasteiger partial charge in [0.25, 0.3) is 0 Å². The van der Waals surface area contributed by atoms with Crippen LogP contribution in [0, 0.1) is 0 Å². The van der Waals surface area contributed by atoms with Gasteiger partial charge in [0.15, 0.2) is 0 Å². The van der Waals surface area contributed by atoms with Crippen molar-refractivity contribution in [2.45, 2.75) is 41.2 Å². The topological polar surface area (TPSA) is 80.3 Å². The van der Waals surface area contributed by atoms with Crippen molar-refractivity contribution in [2.24, 2.45) is 0 Å². The third-order valence-electron chi connectivity index (χ3n) is 2.94. The summed E-state index contributed by atoms with van der Waals surface area (Å²) in [5, 5.41) is 5.31. The number of nitrogens with one attached hydrogen (secondary N) is 2. The van der Waals surface area contributed by atoms with E-state index in [1.807, 2.05) is 12.3 Å². The predicted octanol–water partition coefficient (Wildman–Crippen LogP) is 1.88. The first-order chi connectivity index (χ1) is 10.5. The molecule has 0 unspecified atom stereocenters. The van der Waals surface area contributed by atoms with E-state index >= 15 is 0 Å². The Hall–Kier alpha value is -1.31. The molecule has 0 aliphatic rings. The van der Waals surface area contributed by atoms with E-state index in [0.717, 1.165) is 0 Å². The Morgan fingerprint density at radius 3 is 2.22 bits per heavy atom. The van der Waals surface area contributed by atoms with E-state index in [9.17, 15) is 9.59 Å². The fourth-order valence-corrected chi connectivity index (χ4v) is 4.67. The Bertz CT molecular complexity index is 545. The van der Waals surface area contributed by atoms with E-state index < -0.39 is 30.1 Å². The standard InChI is InChI=1S/C13H18N3O3.3CH3.Sn/c1-13(2,3)19-12(18)16-9-8-15-11(17)10-6-4-5-7-14-10;;;;/h4,6-7H,8-9H2,1-3H3,(H,15,17)(H,16,18);3*1H3;. The summed E-state index contributed by atoms with van der Waals surface area (Å²) in [6.45, 7) is 6.01. The zero-order valence-electron chi connectivity index (χ0n) is 14.8. The normalized spacial score (nSPS) is 11.7. The van der Waals surface area contributed by atoms with E-state index in [1.165, 1.54) is 3.58 Å². The SMILES string of the molecule is CC(C)(C)OC(=O)NCCNC(=O)c1cc[c]([Sn]([CH3])([CH3])[CH3])cn1. The Morgan fingerprint density at radius 2 is 1.74 bits per heavy atom. The minimum absolute atomic E-state index is 0.244. The molecule has 0 atom stereocenters. The number of hydrogen-bond donors (Lipinski definition) is 2. The Morgan fingerprint density at radius 1 is 1.13 bits per heavy atom. The molecule has 7 heteroatoms. The van der Waals surface area contributed by atoms with Crippen LogP contribution in [0.15, 0.2) is 18.3 Å². The van der Waals surface area contributed by atoms with Gasteiger partial charge in [-0.3, -0.25) is 0 Å². The number of carbonyl (C=O) groups excluding carboxylic acids is 2. The molecule has 0 spiro atoms. The van der Waals surface area contributed by atoms with Crippen molar-refractivity contribution < 1.29 is 14.3 Å². The van der Waals surface area contributed by atoms with Crippen LogP contribution >= 0.6 is 0 Å². The van der Waals surface area contributed by atoms with Crippen molar-refractivity contribution in [2.75, 3.05) is 13.1 Å². The van der Waals surface area contributed by atoms with Gasteiger partial charge in [0.05, 0.1) is 0 Å². The van der Waals surface area contributed by atoms with Crippen LogP contribution in [0.4, 0.5) is 4.79 Å². The Balaban J connectivity index is 2.39. The van der Waals surface area contributed by atoms with Crippen LogP contribution in [0.3, 0.4) is 0 Å². The molecule has 0 fully saturated rings. The summed E-state index contributed by atoms with van der Waals surface area (Å²) < 4.78 is 6.39. The summed E-state index contributed by atoms with van der Waals surface area (Å²) in [6.07, 6.45) is 1.32. The van der Waals surface area contributed by atoms with Crippen molar-refractivity contribution in [1.82, 2.24) is 15.6 Å². The van der Waals surface area contributed by atoms with Crippen molar-refractivity contribution >= 4 is 34.0 Å². The monoisotopic (exact) mass is 429 g/mol. The van der Waals surface area contributed by atoms with E-state index in [1.54, 1.807) is 26.8 Å². The number of nitrogens with zero attached hydrogens (tertiary/aromatic N) is 1. The molecular formula is C16H27N3O3Sn. The van der Waals surface area contributed by atoms with Gasteiger partial charge in [0.1, 0.15) is 0 Å². The molecule has 1 rings (SSSR count). The van der Waals surface area contributed by atoms with Gasteiger partial charge in [0.2, 0.25) is 0 Å². The molecule has 23 heavy (non-hydrogen) atoms. The van der Waals surface area contributed by atoms with Gasteiger partial charge >= 0.3 is 121 Å². The van der Waals surface area contributed by atoms with Gasteiger partial charge in [0, 0.05) is 0 Å². The maximum atomic E-state index is 12.0. The number of aromatic nitrogens is 1. The fourth-order valence-electron chi connectivity index (χ4n) is 1.72. The first-order valence-electron chi connectivity index (χ1n) is 7.70. The van der Waals surface area contributed by atoms with Crippen LogP contribution < -0.4 is 14.2 Å². The number of hydrogen-bond acceptors (Lipinski definition) is 4. The van der Waals surface area contributed by atoms with Gasteiger partial charge in [-0.25, -0.2) is 0 Å². The molecule has 0 radical (unpaired) electrons. The molecule has 0 aliphatic carbocycles. The second kappa shape index (κ2) is 7.99. The van der Waals surface area contributed by atoms with E-state index in [2.05, 4.69) is 30.4 Å². The maximum absolute atomic E-state index is 12.0. The predicted molar refractivity (Wildman–Crippen MR) is 93.8 cm³/mol. The van der Waals surface area contributed by atoms with Gasteiger partial charge in [-0.15, -0.1) is 0 Å². The molecule has 6 nitrogen and oxygen atoms in total. The van der Waals surface area contributed by atoms with Crippen LogP contribution in [0.25, 0.3) is 0 Å². The second-order valence-corrected chi connectivity index (χ2v) is 21.9. The van der Waals surface area contributed by atoms with Crippen molar-refractivity contribution in [3.63, 3.8) is 0 Å². The Labute approximate surface area is 142 Å². The summed E-state index contributed by atoms with van der Waals surface area (Å²) in [5.74, 6) is -0.244. The van der Waals surface area contributed by atoms with Crippen LogP contribution in [-0.2, 0) is 4.74 Å². The molecule has 128 valence electrons. The molecule has 2 N–H and O–H groups in total. The molecular weight excluding hydrogens is 401 g/mol. The van der Waals surface area contributed by atoms with E-state index in [4.69, 9.17) is 4.74 Å². The molecule has 0 saturated carbocycles. The Kier molecular flexibility index (Phi) is 6.85. The molecule has 0 aliphatic heterocycles. The number of carbonyl (C=O) groups is 2. The summed E-state index contributed by atoms with van der Waals surface area (Å²) in [5.41, 5.74) is -0.140. The summed E-state index contributed by atoms with van der Waals surface area (Å²) in [4.78, 5) is 34.6. The first kappa shape index (κ1) is 19.7. The molecule has 0 aromatic carbocycles. The number of rotatable bonds is 5. The van der Waals surface area contributed by atoms with Crippen LogP contribution in [0.1, 0.15) is 31.3 Å². The zero-order valence-corrected chi connectivity index (χ0v) is 17.7. The van der Waals surface area contributed by atoms with Crippen LogP contribution in [0.2, 0.25) is 14.8 Å². The van der Waals surface area contributed by atoms with Crippen LogP contribution in [-0.4, -0.2) is 54.1 Å². The van der Waals surface area contributed by atoms with Gasteiger partial charge < -0.3 is 0 Å². The third kappa shape index (κ3) is 7.67. The van der Waals surface area contributed by atoms with E-state index in [0.29, 0.717) is 18.8 Å². The molecule has 0 bridgehead atoms. The van der Waals surface area contributed by atoms with Crippen molar-refractivity contribution in [1.29, 1.82) is 0 Å². The van der Waals surface area contributed by atoms with Gasteiger partial charge in [-0.2, -0.15) is 0 Å². The van der Waals surface area contributed by atoms with Crippen molar-refractivity contribution in [3.8, 4) is 0 Å².